The van der Waals surface area contributed by atoms with Crippen molar-refractivity contribution in [1.29, 1.82) is 0 Å². The largest absolute Gasteiger partial charge is 0.374 e. The van der Waals surface area contributed by atoms with Crippen LogP contribution in [0.2, 0.25) is 0 Å². The fraction of sp³-hybridized carbons (Fsp3) is 1.00. The molecule has 2 nitrogen and oxygen atoms in total. The summed E-state index contributed by atoms with van der Waals surface area (Å²) in [6.07, 6.45) is 13.6. The summed E-state index contributed by atoms with van der Waals surface area (Å²) in [5.74, 6) is 0. The molecule has 0 spiro atoms. The quantitative estimate of drug-likeness (QED) is 0.392. The Morgan fingerprint density at radius 1 is 0.810 bits per heavy atom. The highest BCUT2D eigenvalue weighted by molar-refractivity contribution is 4.85. The summed E-state index contributed by atoms with van der Waals surface area (Å²) in [5.41, 5.74) is -0.0505. The number of rotatable bonds is 15. The van der Waals surface area contributed by atoms with E-state index in [-0.39, 0.29) is 5.60 Å². The van der Waals surface area contributed by atoms with Crippen molar-refractivity contribution in [2.75, 3.05) is 13.2 Å². The van der Waals surface area contributed by atoms with Gasteiger partial charge in [-0.3, -0.25) is 0 Å². The second-order valence-electron chi connectivity index (χ2n) is 6.81. The first-order valence-electron chi connectivity index (χ1n) is 9.45. The van der Waals surface area contributed by atoms with Crippen LogP contribution in [-0.4, -0.2) is 24.8 Å². The fourth-order valence-electron chi connectivity index (χ4n) is 2.97. The summed E-state index contributed by atoms with van der Waals surface area (Å²) in [5, 5.41) is 3.69. The molecule has 0 radical (unpaired) electrons. The molecule has 0 aliphatic rings. The van der Waals surface area contributed by atoms with E-state index in [1.54, 1.807) is 0 Å². The molecule has 0 saturated heterocycles. The molecule has 21 heavy (non-hydrogen) atoms. The Hall–Kier alpha value is -0.0800. The Kier molecular flexibility index (Phi) is 13.5. The third-order valence-corrected chi connectivity index (χ3v) is 4.34. The minimum absolute atomic E-state index is 0.0505. The van der Waals surface area contributed by atoms with Gasteiger partial charge in [-0.25, -0.2) is 0 Å². The van der Waals surface area contributed by atoms with E-state index in [4.69, 9.17) is 4.74 Å². The van der Waals surface area contributed by atoms with Gasteiger partial charge >= 0.3 is 0 Å². The van der Waals surface area contributed by atoms with Crippen molar-refractivity contribution in [3.05, 3.63) is 0 Å². The topological polar surface area (TPSA) is 21.3 Å². The summed E-state index contributed by atoms with van der Waals surface area (Å²) in [6.45, 7) is 13.0. The Morgan fingerprint density at radius 3 is 1.90 bits per heavy atom. The minimum Gasteiger partial charge on any atom is -0.374 e. The Balaban J connectivity index is 3.85. The van der Waals surface area contributed by atoms with Crippen LogP contribution >= 0.6 is 0 Å². The van der Waals surface area contributed by atoms with Gasteiger partial charge in [0.2, 0.25) is 0 Å². The third-order valence-electron chi connectivity index (χ3n) is 4.34. The molecule has 0 aromatic carbocycles. The number of nitrogens with one attached hydrogen (secondary N) is 1. The first-order valence-corrected chi connectivity index (χ1v) is 9.45. The van der Waals surface area contributed by atoms with Crippen molar-refractivity contribution >= 4 is 0 Å². The molecule has 1 N–H and O–H groups in total. The lowest BCUT2D eigenvalue weighted by molar-refractivity contribution is -0.0405. The maximum absolute atomic E-state index is 5.95. The fourth-order valence-corrected chi connectivity index (χ4v) is 2.97. The van der Waals surface area contributed by atoms with E-state index < -0.39 is 0 Å². The van der Waals surface area contributed by atoms with Crippen LogP contribution in [0.4, 0.5) is 0 Å². The molecule has 1 atom stereocenters. The highest BCUT2D eigenvalue weighted by Gasteiger charge is 2.28. The molecule has 0 aromatic heterocycles. The van der Waals surface area contributed by atoms with Crippen LogP contribution in [0.5, 0.6) is 0 Å². The van der Waals surface area contributed by atoms with Crippen LogP contribution in [0.25, 0.3) is 0 Å². The lowest BCUT2D eigenvalue weighted by atomic mass is 9.92. The second-order valence-corrected chi connectivity index (χ2v) is 6.81. The lowest BCUT2D eigenvalue weighted by Gasteiger charge is -2.35. The van der Waals surface area contributed by atoms with Gasteiger partial charge in [-0.05, 0) is 40.2 Å². The van der Waals surface area contributed by atoms with Crippen LogP contribution in [0.1, 0.15) is 98.8 Å². The summed E-state index contributed by atoms with van der Waals surface area (Å²) >= 11 is 0. The highest BCUT2D eigenvalue weighted by atomic mass is 16.5. The first kappa shape index (κ1) is 20.9. The van der Waals surface area contributed by atoms with Gasteiger partial charge in [-0.2, -0.15) is 0 Å². The van der Waals surface area contributed by atoms with Crippen LogP contribution < -0.4 is 5.32 Å². The zero-order chi connectivity index (χ0) is 16.0. The molecule has 0 rings (SSSR count). The van der Waals surface area contributed by atoms with Crippen LogP contribution in [0.15, 0.2) is 0 Å². The average molecular weight is 300 g/mol. The van der Waals surface area contributed by atoms with E-state index in [0.717, 1.165) is 13.2 Å². The maximum Gasteiger partial charge on any atom is 0.0778 e. The van der Waals surface area contributed by atoms with Gasteiger partial charge in [-0.15, -0.1) is 0 Å². The van der Waals surface area contributed by atoms with Crippen molar-refractivity contribution in [2.24, 2.45) is 0 Å². The predicted octanol–water partition coefficient (Wildman–Crippen LogP) is 5.70. The van der Waals surface area contributed by atoms with E-state index in [9.17, 15) is 0 Å². The molecule has 0 fully saturated rings. The molecule has 2 heteroatoms. The molecule has 0 aromatic rings. The van der Waals surface area contributed by atoms with Gasteiger partial charge < -0.3 is 10.1 Å². The van der Waals surface area contributed by atoms with E-state index in [1.807, 2.05) is 0 Å². The van der Waals surface area contributed by atoms with Crippen molar-refractivity contribution in [3.63, 3.8) is 0 Å². The van der Waals surface area contributed by atoms with Gasteiger partial charge in [0.25, 0.3) is 0 Å². The molecular formula is C19H41NO. The molecule has 0 bridgehead atoms. The van der Waals surface area contributed by atoms with Gasteiger partial charge in [0.05, 0.1) is 5.60 Å². The summed E-state index contributed by atoms with van der Waals surface area (Å²) in [4.78, 5) is 0. The number of unbranched alkanes of at least 4 members (excludes halogenated alkanes) is 7. The number of ether oxygens (including phenoxy) is 1. The minimum atomic E-state index is -0.0505. The molecule has 0 heterocycles. The number of hydrogen-bond donors (Lipinski definition) is 1. The smallest absolute Gasteiger partial charge is 0.0778 e. The van der Waals surface area contributed by atoms with Crippen molar-refractivity contribution in [1.82, 2.24) is 5.32 Å². The van der Waals surface area contributed by atoms with Crippen LogP contribution in [-0.2, 0) is 4.74 Å². The molecule has 0 aliphatic heterocycles. The van der Waals surface area contributed by atoms with Crippen molar-refractivity contribution in [3.8, 4) is 0 Å². The summed E-state index contributed by atoms with van der Waals surface area (Å²) < 4.78 is 5.95. The van der Waals surface area contributed by atoms with Gasteiger partial charge in [-0.1, -0.05) is 65.2 Å². The number of hydrogen-bond acceptors (Lipinski definition) is 2. The zero-order valence-electron chi connectivity index (χ0n) is 15.5. The van der Waals surface area contributed by atoms with Gasteiger partial charge in [0, 0.05) is 12.6 Å². The predicted molar refractivity (Wildman–Crippen MR) is 95.0 cm³/mol. The molecule has 0 aliphatic carbocycles. The molecule has 0 amide bonds. The Morgan fingerprint density at radius 2 is 1.38 bits per heavy atom. The standard InChI is InChI=1S/C19H41NO/c1-6-9-10-11-12-13-14-15-16-18(20-17-7-2)19(4,5)21-8-3/h18,20H,6-17H2,1-5H3. The Bertz CT molecular complexity index is 216. The molecular weight excluding hydrogens is 258 g/mol. The lowest BCUT2D eigenvalue weighted by Crippen LogP contribution is -2.48. The maximum atomic E-state index is 5.95. The van der Waals surface area contributed by atoms with Crippen molar-refractivity contribution in [2.45, 2.75) is 110 Å². The van der Waals surface area contributed by atoms with Gasteiger partial charge in [0.1, 0.15) is 0 Å². The SMILES string of the molecule is CCCCCCCCCCC(NCCC)C(C)(C)OCC. The summed E-state index contributed by atoms with van der Waals surface area (Å²) in [6, 6.07) is 0.484. The van der Waals surface area contributed by atoms with Gasteiger partial charge in [0.15, 0.2) is 0 Å². The third kappa shape index (κ3) is 11.2. The molecule has 1 unspecified atom stereocenters. The highest BCUT2D eigenvalue weighted by Crippen LogP contribution is 2.21. The average Bonchev–Trinajstić information content (AvgIpc) is 2.44. The van der Waals surface area contributed by atoms with Crippen molar-refractivity contribution < 1.29 is 4.74 Å². The Labute approximate surface area is 134 Å². The zero-order valence-corrected chi connectivity index (χ0v) is 15.5. The monoisotopic (exact) mass is 299 g/mol. The van der Waals surface area contributed by atoms with Crippen LogP contribution in [0.3, 0.4) is 0 Å². The first-order chi connectivity index (χ1) is 10.1. The normalized spacial score (nSPS) is 13.6. The molecule has 128 valence electrons. The van der Waals surface area contributed by atoms with E-state index in [2.05, 4.69) is 39.9 Å². The van der Waals surface area contributed by atoms with E-state index >= 15 is 0 Å². The molecule has 0 saturated carbocycles. The van der Waals surface area contributed by atoms with E-state index in [1.165, 1.54) is 64.2 Å². The van der Waals surface area contributed by atoms with E-state index in [0.29, 0.717) is 6.04 Å². The second kappa shape index (κ2) is 13.6. The summed E-state index contributed by atoms with van der Waals surface area (Å²) in [7, 11) is 0. The van der Waals surface area contributed by atoms with Crippen LogP contribution in [0, 0.1) is 0 Å².